The van der Waals surface area contributed by atoms with E-state index in [1.807, 2.05) is 0 Å². The molecule has 10 heteroatoms. The second-order valence-electron chi connectivity index (χ2n) is 5.91. The SMILES string of the molecule is CN1CCc2c(cn(C)c2C(=O)Nc2ccc(F)c(F)c2)[N+](O)(O)N1. The predicted molar refractivity (Wildman–Crippen MR) is 84.6 cm³/mol. The molecule has 2 aromatic rings. The molecule has 0 bridgehead atoms. The first-order valence-corrected chi connectivity index (χ1v) is 7.48. The molecule has 8 nitrogen and oxygen atoms in total. The summed E-state index contributed by atoms with van der Waals surface area (Å²) < 4.78 is 27.8. The van der Waals surface area contributed by atoms with E-state index in [9.17, 15) is 24.0 Å². The first-order chi connectivity index (χ1) is 11.7. The Balaban J connectivity index is 1.96. The number of carbonyl (C=O) groups is 1. The average molecular weight is 354 g/mol. The van der Waals surface area contributed by atoms with Gasteiger partial charge in [-0.3, -0.25) is 4.79 Å². The molecular formula is C15H18F2N5O3+. The fourth-order valence-electron chi connectivity index (χ4n) is 2.86. The van der Waals surface area contributed by atoms with Crippen molar-refractivity contribution in [2.45, 2.75) is 6.42 Å². The minimum Gasteiger partial charge on any atom is -0.341 e. The van der Waals surface area contributed by atoms with Crippen molar-refractivity contribution in [3.05, 3.63) is 47.3 Å². The van der Waals surface area contributed by atoms with E-state index in [1.54, 1.807) is 14.1 Å². The molecule has 1 aromatic heterocycles. The molecule has 0 fully saturated rings. The van der Waals surface area contributed by atoms with E-state index in [-0.39, 0.29) is 17.1 Å². The molecule has 0 saturated carbocycles. The van der Waals surface area contributed by atoms with Gasteiger partial charge >= 0.3 is 0 Å². The normalized spacial score (nSPS) is 17.0. The number of benzene rings is 1. The van der Waals surface area contributed by atoms with Crippen LogP contribution in [-0.4, -0.2) is 39.5 Å². The smallest absolute Gasteiger partial charge is 0.272 e. The van der Waals surface area contributed by atoms with Crippen molar-refractivity contribution in [1.82, 2.24) is 20.0 Å². The summed E-state index contributed by atoms with van der Waals surface area (Å²) in [4.78, 5) is 11.0. The number of aryl methyl sites for hydroxylation is 1. The van der Waals surface area contributed by atoms with Crippen molar-refractivity contribution in [3.63, 3.8) is 0 Å². The molecule has 134 valence electrons. The van der Waals surface area contributed by atoms with Crippen molar-refractivity contribution >= 4 is 17.3 Å². The number of likely N-dealkylation sites (N-methyl/N-ethyl adjacent to an activating group) is 1. The highest BCUT2D eigenvalue weighted by Crippen LogP contribution is 2.30. The molecule has 1 amide bonds. The summed E-state index contributed by atoms with van der Waals surface area (Å²) in [6.07, 6.45) is 1.79. The van der Waals surface area contributed by atoms with E-state index in [0.717, 1.165) is 12.1 Å². The lowest BCUT2D eigenvalue weighted by atomic mass is 10.1. The van der Waals surface area contributed by atoms with Crippen LogP contribution in [0.4, 0.5) is 20.2 Å². The molecule has 1 aromatic carbocycles. The third-order valence-corrected chi connectivity index (χ3v) is 4.00. The quantitative estimate of drug-likeness (QED) is 0.615. The predicted octanol–water partition coefficient (Wildman–Crippen LogP) is 1.55. The number of quaternary nitrogens is 1. The van der Waals surface area contributed by atoms with Gasteiger partial charge in [0.2, 0.25) is 5.69 Å². The molecule has 4 N–H and O–H groups in total. The Morgan fingerprint density at radius 1 is 1.28 bits per heavy atom. The lowest BCUT2D eigenvalue weighted by Gasteiger charge is -2.22. The molecule has 0 spiro atoms. The van der Waals surface area contributed by atoms with Gasteiger partial charge in [0, 0.05) is 32.4 Å². The van der Waals surface area contributed by atoms with E-state index in [1.165, 1.54) is 21.8 Å². The Kier molecular flexibility index (Phi) is 4.31. The Labute approximate surface area is 141 Å². The van der Waals surface area contributed by atoms with Gasteiger partial charge in [-0.25, -0.2) is 8.78 Å². The number of nitrogens with one attached hydrogen (secondary N) is 2. The van der Waals surface area contributed by atoms with Crippen molar-refractivity contribution in [1.29, 1.82) is 0 Å². The molecule has 1 aliphatic heterocycles. The second kappa shape index (κ2) is 6.17. The van der Waals surface area contributed by atoms with Crippen LogP contribution in [0, 0.1) is 11.6 Å². The van der Waals surface area contributed by atoms with Gasteiger partial charge in [0.15, 0.2) is 11.6 Å². The molecule has 0 saturated heterocycles. The number of hydrogen-bond donors (Lipinski definition) is 4. The zero-order valence-electron chi connectivity index (χ0n) is 13.6. The fraction of sp³-hybridized carbons (Fsp3) is 0.267. The minimum atomic E-state index is -1.60. The molecule has 0 aliphatic carbocycles. The van der Waals surface area contributed by atoms with Crippen LogP contribution >= 0.6 is 0 Å². The van der Waals surface area contributed by atoms with Crippen LogP contribution in [0.15, 0.2) is 24.4 Å². The zero-order chi connectivity index (χ0) is 18.4. The first kappa shape index (κ1) is 17.5. The molecule has 0 radical (unpaired) electrons. The Morgan fingerprint density at radius 2 is 2.00 bits per heavy atom. The van der Waals surface area contributed by atoms with Crippen LogP contribution in [0.5, 0.6) is 0 Å². The summed E-state index contributed by atoms with van der Waals surface area (Å²) >= 11 is 0. The van der Waals surface area contributed by atoms with Gasteiger partial charge in [-0.05, 0) is 24.1 Å². The van der Waals surface area contributed by atoms with Crippen LogP contribution < -0.4 is 15.8 Å². The summed E-state index contributed by atoms with van der Waals surface area (Å²) in [5.41, 5.74) is 3.29. The number of carbonyl (C=O) groups excluding carboxylic acids is 1. The molecule has 2 heterocycles. The van der Waals surface area contributed by atoms with E-state index in [0.29, 0.717) is 18.5 Å². The molecule has 1 aliphatic rings. The monoisotopic (exact) mass is 354 g/mol. The number of hydrazine groups is 1. The average Bonchev–Trinajstić information content (AvgIpc) is 2.81. The second-order valence-corrected chi connectivity index (χ2v) is 5.91. The number of halogens is 2. The first-order valence-electron chi connectivity index (χ1n) is 7.48. The van der Waals surface area contributed by atoms with Gasteiger partial charge in [0.05, 0.1) is 16.7 Å². The third kappa shape index (κ3) is 3.25. The molecular weight excluding hydrogens is 336 g/mol. The molecule has 3 rings (SSSR count). The largest absolute Gasteiger partial charge is 0.341 e. The van der Waals surface area contributed by atoms with Gasteiger partial charge in [-0.15, -0.1) is 0 Å². The summed E-state index contributed by atoms with van der Waals surface area (Å²) in [6, 6.07) is 3.03. The summed E-state index contributed by atoms with van der Waals surface area (Å²) in [5, 5.41) is 24.3. The minimum absolute atomic E-state index is 0.0939. The van der Waals surface area contributed by atoms with E-state index < -0.39 is 22.5 Å². The van der Waals surface area contributed by atoms with Crippen molar-refractivity contribution in [2.75, 3.05) is 18.9 Å². The molecule has 25 heavy (non-hydrogen) atoms. The summed E-state index contributed by atoms with van der Waals surface area (Å²) in [6.45, 7) is 0.420. The number of amides is 1. The van der Waals surface area contributed by atoms with Gasteiger partial charge in [-0.2, -0.15) is 15.4 Å². The fourth-order valence-corrected chi connectivity index (χ4v) is 2.86. The maximum Gasteiger partial charge on any atom is 0.272 e. The van der Waals surface area contributed by atoms with E-state index in [4.69, 9.17) is 0 Å². The van der Waals surface area contributed by atoms with Gasteiger partial charge < -0.3 is 9.88 Å². The summed E-state index contributed by atoms with van der Waals surface area (Å²) in [5.74, 6) is -2.66. The highest BCUT2D eigenvalue weighted by molar-refractivity contribution is 6.05. The van der Waals surface area contributed by atoms with Crippen molar-refractivity contribution in [3.8, 4) is 0 Å². The maximum atomic E-state index is 13.3. The molecule has 0 unspecified atom stereocenters. The van der Waals surface area contributed by atoms with E-state index in [2.05, 4.69) is 10.9 Å². The third-order valence-electron chi connectivity index (χ3n) is 4.00. The number of rotatable bonds is 2. The van der Waals surface area contributed by atoms with Crippen molar-refractivity contribution in [2.24, 2.45) is 7.05 Å². The Morgan fingerprint density at radius 3 is 2.68 bits per heavy atom. The number of fused-ring (bicyclic) bond motifs is 1. The van der Waals surface area contributed by atoms with Crippen LogP contribution in [0.2, 0.25) is 0 Å². The number of nitrogens with zero attached hydrogens (tertiary/aromatic N) is 3. The lowest BCUT2D eigenvalue weighted by Crippen LogP contribution is -2.59. The highest BCUT2D eigenvalue weighted by atomic mass is 19.2. The number of aromatic nitrogens is 1. The number of anilines is 1. The zero-order valence-corrected chi connectivity index (χ0v) is 13.6. The van der Waals surface area contributed by atoms with Crippen molar-refractivity contribution < 1.29 is 24.0 Å². The summed E-state index contributed by atoms with van der Waals surface area (Å²) in [7, 11) is 3.21. The van der Waals surface area contributed by atoms with E-state index >= 15 is 0 Å². The molecule has 0 atom stereocenters. The van der Waals surface area contributed by atoms with Gasteiger partial charge in [0.1, 0.15) is 5.69 Å². The maximum absolute atomic E-state index is 13.3. The standard InChI is InChI=1S/C15H17F2N5O3/c1-20-8-13-10(5-6-21(2)19-22(13,24)25)14(20)15(23)18-9-3-4-11(16)12(17)7-9/h3-4,7-8,19,24-25H,5-6H2,1-2H3/p+1. The topological polar surface area (TPSA) is 89.8 Å². The van der Waals surface area contributed by atoms with Crippen LogP contribution in [0.3, 0.4) is 0 Å². The Bertz CT molecular complexity index is 837. The lowest BCUT2D eigenvalue weighted by molar-refractivity contribution is -0.349. The van der Waals surface area contributed by atoms with Gasteiger partial charge in [-0.1, -0.05) is 0 Å². The number of hydrogen-bond acceptors (Lipinski definition) is 5. The Hall–Kier alpha value is -2.37. The van der Waals surface area contributed by atoms with Crippen LogP contribution in [0.1, 0.15) is 16.1 Å². The van der Waals surface area contributed by atoms with Gasteiger partial charge in [0.25, 0.3) is 5.91 Å². The van der Waals surface area contributed by atoms with Crippen LogP contribution in [-0.2, 0) is 13.5 Å². The highest BCUT2D eigenvalue weighted by Gasteiger charge is 2.39. The van der Waals surface area contributed by atoms with Crippen LogP contribution in [0.25, 0.3) is 0 Å².